The number of hydrogen-bond donors (Lipinski definition) is 1. The summed E-state index contributed by atoms with van der Waals surface area (Å²) in [6, 6.07) is 19.7. The number of unbranched alkanes of at least 4 members (excludes halogenated alkanes) is 1. The molecule has 0 spiro atoms. The lowest BCUT2D eigenvalue weighted by Gasteiger charge is -2.33. The van der Waals surface area contributed by atoms with Crippen LogP contribution < -0.4 is 9.62 Å². The van der Waals surface area contributed by atoms with Crippen molar-refractivity contribution in [1.29, 1.82) is 0 Å². The Morgan fingerprint density at radius 3 is 2.23 bits per heavy atom. The number of anilines is 1. The van der Waals surface area contributed by atoms with Crippen LogP contribution in [0.2, 0.25) is 5.02 Å². The van der Waals surface area contributed by atoms with Gasteiger partial charge in [-0.3, -0.25) is 13.9 Å². The molecule has 0 saturated carbocycles. The van der Waals surface area contributed by atoms with Crippen molar-refractivity contribution in [1.82, 2.24) is 10.2 Å². The second-order valence-corrected chi connectivity index (χ2v) is 12.1. The van der Waals surface area contributed by atoms with Crippen molar-refractivity contribution in [3.05, 3.63) is 94.5 Å². The number of halogens is 1. The molecule has 0 aliphatic carbocycles. The minimum Gasteiger partial charge on any atom is -0.354 e. The monoisotopic (exact) mass is 583 g/mol. The lowest BCUT2D eigenvalue weighted by atomic mass is 10.1. The molecule has 1 N–H and O–H groups in total. The molecule has 0 fully saturated rings. The van der Waals surface area contributed by atoms with Crippen LogP contribution in [0.4, 0.5) is 5.69 Å². The predicted octanol–water partition coefficient (Wildman–Crippen LogP) is 5.88. The normalized spacial score (nSPS) is 12.0. The van der Waals surface area contributed by atoms with Crippen LogP contribution in [-0.4, -0.2) is 44.3 Å². The molecule has 0 bridgehead atoms. The van der Waals surface area contributed by atoms with Gasteiger partial charge in [0, 0.05) is 18.1 Å². The zero-order valence-corrected chi connectivity index (χ0v) is 25.1. The summed E-state index contributed by atoms with van der Waals surface area (Å²) in [7, 11) is -4.10. The average Bonchev–Trinajstić information content (AvgIpc) is 2.95. The zero-order valence-electron chi connectivity index (χ0n) is 23.6. The summed E-state index contributed by atoms with van der Waals surface area (Å²) in [5.74, 6) is -0.740. The SMILES string of the molecule is CCCCNC(=O)[C@H](CC)N(Cc1ccc(Cl)cc1)C(=O)CN(c1cccc(C)c1C)S(=O)(=O)c1ccccc1. The number of carbonyl (C=O) groups is 2. The van der Waals surface area contributed by atoms with E-state index in [9.17, 15) is 18.0 Å². The summed E-state index contributed by atoms with van der Waals surface area (Å²) in [6.45, 7) is 7.78. The van der Waals surface area contributed by atoms with E-state index in [-0.39, 0.29) is 17.3 Å². The molecule has 0 aromatic heterocycles. The highest BCUT2D eigenvalue weighted by atomic mass is 35.5. The van der Waals surface area contributed by atoms with Gasteiger partial charge >= 0.3 is 0 Å². The van der Waals surface area contributed by atoms with E-state index in [1.165, 1.54) is 17.0 Å². The maximum Gasteiger partial charge on any atom is 0.264 e. The quantitative estimate of drug-likeness (QED) is 0.255. The van der Waals surface area contributed by atoms with E-state index in [0.717, 1.165) is 33.8 Å². The maximum atomic E-state index is 14.1. The third-order valence-corrected chi connectivity index (χ3v) is 8.96. The molecule has 0 radical (unpaired) electrons. The molecule has 9 heteroatoms. The Morgan fingerprint density at radius 2 is 1.60 bits per heavy atom. The van der Waals surface area contributed by atoms with Crippen molar-refractivity contribution in [2.24, 2.45) is 0 Å². The van der Waals surface area contributed by atoms with Crippen LogP contribution in [-0.2, 0) is 26.2 Å². The van der Waals surface area contributed by atoms with Crippen molar-refractivity contribution < 1.29 is 18.0 Å². The predicted molar refractivity (Wildman–Crippen MR) is 161 cm³/mol. The summed E-state index contributed by atoms with van der Waals surface area (Å²) in [4.78, 5) is 28.9. The molecule has 3 rings (SSSR count). The molecule has 7 nitrogen and oxygen atoms in total. The van der Waals surface area contributed by atoms with Crippen molar-refractivity contribution >= 4 is 39.1 Å². The van der Waals surface area contributed by atoms with Crippen molar-refractivity contribution in [2.75, 3.05) is 17.4 Å². The third-order valence-electron chi connectivity index (χ3n) is 6.94. The largest absolute Gasteiger partial charge is 0.354 e. The molecule has 3 aromatic carbocycles. The van der Waals surface area contributed by atoms with E-state index in [0.29, 0.717) is 23.7 Å². The highest BCUT2D eigenvalue weighted by Crippen LogP contribution is 2.29. The molecule has 0 aliphatic rings. The van der Waals surface area contributed by atoms with Crippen LogP contribution in [0, 0.1) is 13.8 Å². The van der Waals surface area contributed by atoms with Crippen molar-refractivity contribution in [2.45, 2.75) is 64.4 Å². The number of sulfonamides is 1. The van der Waals surface area contributed by atoms with Gasteiger partial charge in [-0.25, -0.2) is 8.42 Å². The van der Waals surface area contributed by atoms with E-state index in [2.05, 4.69) is 5.32 Å². The van der Waals surface area contributed by atoms with Crippen LogP contribution in [0.25, 0.3) is 0 Å². The van der Waals surface area contributed by atoms with Crippen LogP contribution >= 0.6 is 11.6 Å². The van der Waals surface area contributed by atoms with Gasteiger partial charge in [-0.1, -0.05) is 74.3 Å². The van der Waals surface area contributed by atoms with Gasteiger partial charge in [0.05, 0.1) is 10.6 Å². The topological polar surface area (TPSA) is 86.8 Å². The Hall–Kier alpha value is -3.36. The summed E-state index contributed by atoms with van der Waals surface area (Å²) < 4.78 is 29.1. The molecule has 0 unspecified atom stereocenters. The first-order chi connectivity index (χ1) is 19.1. The lowest BCUT2D eigenvalue weighted by molar-refractivity contribution is -0.140. The molecule has 3 aromatic rings. The third kappa shape index (κ3) is 7.64. The fourth-order valence-corrected chi connectivity index (χ4v) is 6.07. The number of hydrogen-bond acceptors (Lipinski definition) is 4. The molecular weight excluding hydrogens is 546 g/mol. The number of amides is 2. The smallest absolute Gasteiger partial charge is 0.264 e. The first-order valence-electron chi connectivity index (χ1n) is 13.6. The van der Waals surface area contributed by atoms with E-state index >= 15 is 0 Å². The Balaban J connectivity index is 2.06. The molecule has 1 atom stereocenters. The van der Waals surface area contributed by atoms with Crippen LogP contribution in [0.3, 0.4) is 0 Å². The number of nitrogens with one attached hydrogen (secondary N) is 1. The molecule has 2 amide bonds. The van der Waals surface area contributed by atoms with Gasteiger partial charge in [-0.15, -0.1) is 0 Å². The summed E-state index contributed by atoms with van der Waals surface area (Å²) >= 11 is 6.08. The highest BCUT2D eigenvalue weighted by molar-refractivity contribution is 7.92. The fraction of sp³-hybridized carbons (Fsp3) is 0.355. The van der Waals surface area contributed by atoms with Crippen molar-refractivity contribution in [3.63, 3.8) is 0 Å². The van der Waals surface area contributed by atoms with E-state index < -0.39 is 28.5 Å². The average molecular weight is 584 g/mol. The standard InChI is InChI=1S/C31H38ClN3O4S/c1-5-7-20-33-31(37)28(6-2)34(21-25-16-18-26(32)19-17-25)30(36)22-35(29-15-11-12-23(3)24(29)4)40(38,39)27-13-9-8-10-14-27/h8-19,28H,5-7,20-22H2,1-4H3,(H,33,37)/t28-/m0/s1. The fourth-order valence-electron chi connectivity index (χ4n) is 4.45. The van der Waals surface area contributed by atoms with E-state index in [4.69, 9.17) is 11.6 Å². The second-order valence-electron chi connectivity index (χ2n) is 9.76. The number of benzene rings is 3. The zero-order chi connectivity index (χ0) is 29.3. The van der Waals surface area contributed by atoms with Gasteiger partial charge in [0.25, 0.3) is 10.0 Å². The van der Waals surface area contributed by atoms with Gasteiger partial charge < -0.3 is 10.2 Å². The molecule has 214 valence electrons. The molecule has 0 saturated heterocycles. The van der Waals surface area contributed by atoms with Gasteiger partial charge in [0.15, 0.2) is 0 Å². The maximum absolute atomic E-state index is 14.1. The highest BCUT2D eigenvalue weighted by Gasteiger charge is 2.34. The van der Waals surface area contributed by atoms with Crippen LogP contribution in [0.5, 0.6) is 0 Å². The van der Waals surface area contributed by atoms with Gasteiger partial charge in [-0.2, -0.15) is 0 Å². The minimum absolute atomic E-state index is 0.0808. The Kier molecular flexibility index (Phi) is 11.2. The minimum atomic E-state index is -4.10. The van der Waals surface area contributed by atoms with Gasteiger partial charge in [0.2, 0.25) is 11.8 Å². The number of carbonyl (C=O) groups excluding carboxylic acids is 2. The molecule has 0 heterocycles. The first-order valence-corrected chi connectivity index (χ1v) is 15.4. The molecular formula is C31H38ClN3O4S. The first kappa shape index (κ1) is 31.2. The lowest BCUT2D eigenvalue weighted by Crippen LogP contribution is -2.52. The summed E-state index contributed by atoms with van der Waals surface area (Å²) in [6.07, 6.45) is 2.11. The summed E-state index contributed by atoms with van der Waals surface area (Å²) in [5, 5.41) is 3.49. The number of rotatable bonds is 13. The Labute approximate surface area is 243 Å². The number of nitrogens with zero attached hydrogens (tertiary/aromatic N) is 2. The van der Waals surface area contributed by atoms with Crippen LogP contribution in [0.15, 0.2) is 77.7 Å². The number of aryl methyl sites for hydroxylation is 1. The second kappa shape index (κ2) is 14.3. The Bertz CT molecular complexity index is 1400. The van der Waals surface area contributed by atoms with Crippen LogP contribution in [0.1, 0.15) is 49.8 Å². The van der Waals surface area contributed by atoms with Crippen molar-refractivity contribution in [3.8, 4) is 0 Å². The van der Waals surface area contributed by atoms with Gasteiger partial charge in [-0.05, 0) is 73.7 Å². The molecule has 40 heavy (non-hydrogen) atoms. The van der Waals surface area contributed by atoms with E-state index in [1.54, 1.807) is 54.6 Å². The van der Waals surface area contributed by atoms with Gasteiger partial charge in [0.1, 0.15) is 12.6 Å². The molecule has 0 aliphatic heterocycles. The summed E-state index contributed by atoms with van der Waals surface area (Å²) in [5.41, 5.74) is 2.85. The Morgan fingerprint density at radius 1 is 0.925 bits per heavy atom. The van der Waals surface area contributed by atoms with E-state index in [1.807, 2.05) is 33.8 Å².